The number of nitro groups is 2. The standard InChI is InChI=1S/C25H26Cl2N8O4/c26-22-8-6-18(14-30-22)16-32-12-2-10-28-24(32)20(34(36)37)4-1-5-21(35(38)39)25-29-11-3-13-33(25)17-19-7-9-23(27)31-15-19/h1,4-9,14-15,20H,2-3,10-13,16-17H2/b4-1+,21-5+. The Morgan fingerprint density at radius 3 is 2.08 bits per heavy atom. The molecule has 0 radical (unpaired) electrons. The second-order valence-corrected chi connectivity index (χ2v) is 9.67. The minimum absolute atomic E-state index is 0.218. The molecule has 0 saturated carbocycles. The van der Waals surface area contributed by atoms with E-state index in [1.165, 1.54) is 18.2 Å². The maximum absolute atomic E-state index is 12.0. The highest BCUT2D eigenvalue weighted by molar-refractivity contribution is 6.29. The summed E-state index contributed by atoms with van der Waals surface area (Å²) in [6.45, 7) is 2.80. The average molecular weight is 573 g/mol. The molecular weight excluding hydrogens is 547 g/mol. The van der Waals surface area contributed by atoms with E-state index < -0.39 is 15.9 Å². The molecule has 0 amide bonds. The van der Waals surface area contributed by atoms with Crippen LogP contribution in [0.4, 0.5) is 0 Å². The third-order valence-corrected chi connectivity index (χ3v) is 6.57. The molecule has 2 aliphatic heterocycles. The number of amidine groups is 2. The Balaban J connectivity index is 1.55. The zero-order valence-electron chi connectivity index (χ0n) is 20.9. The van der Waals surface area contributed by atoms with E-state index in [-0.39, 0.29) is 11.5 Å². The molecule has 4 rings (SSSR count). The van der Waals surface area contributed by atoms with E-state index in [0.717, 1.165) is 24.0 Å². The van der Waals surface area contributed by atoms with Gasteiger partial charge in [-0.1, -0.05) is 41.4 Å². The molecule has 12 nitrogen and oxygen atoms in total. The van der Waals surface area contributed by atoms with Crippen LogP contribution in [0.5, 0.6) is 0 Å². The van der Waals surface area contributed by atoms with Gasteiger partial charge in [0.05, 0.1) is 4.92 Å². The quantitative estimate of drug-likeness (QED) is 0.179. The Hall–Kier alpha value is -3.90. The van der Waals surface area contributed by atoms with Crippen molar-refractivity contribution in [2.45, 2.75) is 32.0 Å². The average Bonchev–Trinajstić information content (AvgIpc) is 2.92. The number of nitrogens with zero attached hydrogens (tertiary/aromatic N) is 8. The zero-order chi connectivity index (χ0) is 27.8. The lowest BCUT2D eigenvalue weighted by atomic mass is 10.1. The molecule has 2 aromatic rings. The summed E-state index contributed by atoms with van der Waals surface area (Å²) >= 11 is 11.7. The van der Waals surface area contributed by atoms with Crippen LogP contribution in [-0.2, 0) is 13.1 Å². The van der Waals surface area contributed by atoms with Crippen LogP contribution < -0.4 is 0 Å². The van der Waals surface area contributed by atoms with Gasteiger partial charge in [-0.3, -0.25) is 30.2 Å². The number of aromatic nitrogens is 2. The first-order chi connectivity index (χ1) is 18.8. The van der Waals surface area contributed by atoms with Crippen LogP contribution in [0.15, 0.2) is 70.6 Å². The van der Waals surface area contributed by atoms with Crippen LogP contribution in [0.25, 0.3) is 0 Å². The number of pyridine rings is 2. The van der Waals surface area contributed by atoms with Gasteiger partial charge in [0, 0.05) is 62.7 Å². The van der Waals surface area contributed by atoms with Gasteiger partial charge in [-0.25, -0.2) is 9.97 Å². The summed E-state index contributed by atoms with van der Waals surface area (Å²) in [6.07, 6.45) is 8.64. The molecule has 0 aliphatic carbocycles. The van der Waals surface area contributed by atoms with Crippen LogP contribution in [0, 0.1) is 20.2 Å². The van der Waals surface area contributed by atoms with Crippen molar-refractivity contribution in [3.8, 4) is 0 Å². The lowest BCUT2D eigenvalue weighted by molar-refractivity contribution is -0.491. The molecule has 1 atom stereocenters. The van der Waals surface area contributed by atoms with Crippen molar-refractivity contribution < 1.29 is 9.85 Å². The summed E-state index contributed by atoms with van der Waals surface area (Å²) in [5.41, 5.74) is 1.42. The zero-order valence-corrected chi connectivity index (χ0v) is 22.4. The van der Waals surface area contributed by atoms with Crippen molar-refractivity contribution in [1.29, 1.82) is 0 Å². The third kappa shape index (κ3) is 7.58. The summed E-state index contributed by atoms with van der Waals surface area (Å²) in [5, 5.41) is 24.8. The number of allylic oxidation sites excluding steroid dienone is 2. The second kappa shape index (κ2) is 13.3. The molecule has 0 aromatic carbocycles. The maximum Gasteiger partial charge on any atom is 0.311 e. The van der Waals surface area contributed by atoms with Gasteiger partial charge >= 0.3 is 5.70 Å². The number of halogens is 2. The summed E-state index contributed by atoms with van der Waals surface area (Å²) in [4.78, 5) is 43.7. The van der Waals surface area contributed by atoms with E-state index in [4.69, 9.17) is 23.2 Å². The third-order valence-electron chi connectivity index (χ3n) is 6.12. The molecule has 2 aromatic heterocycles. The molecule has 2 aliphatic rings. The predicted molar refractivity (Wildman–Crippen MR) is 148 cm³/mol. The molecular formula is C25H26Cl2N8O4. The molecule has 204 valence electrons. The lowest BCUT2D eigenvalue weighted by Crippen LogP contribution is -2.44. The number of hydrogen-bond donors (Lipinski definition) is 0. The molecule has 4 heterocycles. The van der Waals surface area contributed by atoms with Gasteiger partial charge in [0.2, 0.25) is 5.84 Å². The van der Waals surface area contributed by atoms with Crippen molar-refractivity contribution in [3.63, 3.8) is 0 Å². The molecule has 39 heavy (non-hydrogen) atoms. The lowest BCUT2D eigenvalue weighted by Gasteiger charge is -2.29. The SMILES string of the molecule is O=[N+]([O-])/C(=C/C=C/C(C1=NCCCN1Cc1ccc(Cl)nc1)[N+](=O)[O-])C1=NCCCN1Cc1ccc(Cl)nc1. The maximum atomic E-state index is 12.0. The van der Waals surface area contributed by atoms with Crippen LogP contribution >= 0.6 is 23.2 Å². The number of hydrogen-bond acceptors (Lipinski definition) is 10. The fourth-order valence-electron chi connectivity index (χ4n) is 4.32. The molecule has 14 heteroatoms. The fourth-order valence-corrected chi connectivity index (χ4v) is 4.54. The predicted octanol–water partition coefficient (Wildman–Crippen LogP) is 4.05. The number of rotatable bonds is 10. The van der Waals surface area contributed by atoms with Crippen LogP contribution in [-0.4, -0.2) is 73.5 Å². The Kier molecular flexibility index (Phi) is 9.55. The van der Waals surface area contributed by atoms with Crippen molar-refractivity contribution in [1.82, 2.24) is 19.8 Å². The van der Waals surface area contributed by atoms with Gasteiger partial charge in [0.1, 0.15) is 10.3 Å². The van der Waals surface area contributed by atoms with E-state index in [2.05, 4.69) is 20.0 Å². The van der Waals surface area contributed by atoms with Gasteiger partial charge in [0.15, 0.2) is 5.84 Å². The Morgan fingerprint density at radius 2 is 1.51 bits per heavy atom. The topological polar surface area (TPSA) is 143 Å². The van der Waals surface area contributed by atoms with Gasteiger partial charge in [-0.2, -0.15) is 0 Å². The first-order valence-electron chi connectivity index (χ1n) is 12.3. The van der Waals surface area contributed by atoms with E-state index in [0.29, 0.717) is 55.4 Å². The van der Waals surface area contributed by atoms with Crippen molar-refractivity contribution in [2.24, 2.45) is 9.98 Å². The Labute approximate surface area is 234 Å². The monoisotopic (exact) mass is 572 g/mol. The van der Waals surface area contributed by atoms with E-state index >= 15 is 0 Å². The summed E-state index contributed by atoms with van der Waals surface area (Å²) in [5.74, 6) is 0.510. The van der Waals surface area contributed by atoms with Crippen LogP contribution in [0.2, 0.25) is 10.3 Å². The smallest absolute Gasteiger partial charge is 0.311 e. The van der Waals surface area contributed by atoms with Gasteiger partial charge in [-0.15, -0.1) is 0 Å². The first kappa shape index (κ1) is 28.1. The Bertz CT molecular complexity index is 1310. The van der Waals surface area contributed by atoms with Gasteiger partial charge < -0.3 is 9.80 Å². The molecule has 0 spiro atoms. The first-order valence-corrected chi connectivity index (χ1v) is 13.0. The molecule has 0 saturated heterocycles. The van der Waals surface area contributed by atoms with E-state index in [1.807, 2.05) is 4.90 Å². The molecule has 0 fully saturated rings. The Morgan fingerprint density at radius 1 is 0.923 bits per heavy atom. The molecule has 0 N–H and O–H groups in total. The van der Waals surface area contributed by atoms with Gasteiger partial charge in [0.25, 0.3) is 6.04 Å². The minimum atomic E-state index is -1.28. The van der Waals surface area contributed by atoms with Gasteiger partial charge in [-0.05, 0) is 42.2 Å². The van der Waals surface area contributed by atoms with Crippen molar-refractivity contribution >= 4 is 34.9 Å². The second-order valence-electron chi connectivity index (χ2n) is 8.90. The van der Waals surface area contributed by atoms with Crippen molar-refractivity contribution in [3.05, 3.63) is 102 Å². The largest absolute Gasteiger partial charge is 0.350 e. The van der Waals surface area contributed by atoms with Crippen molar-refractivity contribution in [2.75, 3.05) is 26.2 Å². The number of aliphatic imine (C=N–C) groups is 2. The van der Waals surface area contributed by atoms with Crippen LogP contribution in [0.3, 0.4) is 0 Å². The normalized spacial score (nSPS) is 17.1. The summed E-state index contributed by atoms with van der Waals surface area (Å²) in [6, 6.07) is 5.65. The summed E-state index contributed by atoms with van der Waals surface area (Å²) in [7, 11) is 0. The summed E-state index contributed by atoms with van der Waals surface area (Å²) < 4.78 is 0. The fraction of sp³-hybridized carbons (Fsp3) is 0.360. The minimum Gasteiger partial charge on any atom is -0.350 e. The highest BCUT2D eigenvalue weighted by atomic mass is 35.5. The molecule has 0 bridgehead atoms. The van der Waals surface area contributed by atoms with Crippen LogP contribution in [0.1, 0.15) is 24.0 Å². The van der Waals surface area contributed by atoms with E-state index in [9.17, 15) is 20.2 Å². The highest BCUT2D eigenvalue weighted by Crippen LogP contribution is 2.18. The van der Waals surface area contributed by atoms with E-state index in [1.54, 1.807) is 41.6 Å². The molecule has 1 unspecified atom stereocenters. The highest BCUT2D eigenvalue weighted by Gasteiger charge is 2.31.